The van der Waals surface area contributed by atoms with Crippen LogP contribution in [0, 0.1) is 27.4 Å². The van der Waals surface area contributed by atoms with Crippen molar-refractivity contribution in [1.82, 2.24) is 4.90 Å². The molecule has 0 fully saturated rings. The number of nitro groups is 1. The van der Waals surface area contributed by atoms with Crippen molar-refractivity contribution < 1.29 is 9.72 Å². The lowest BCUT2D eigenvalue weighted by molar-refractivity contribution is -0.384. The van der Waals surface area contributed by atoms with Crippen LogP contribution in [0.2, 0.25) is 5.02 Å². The number of rotatable bonds is 6. The van der Waals surface area contributed by atoms with Gasteiger partial charge in [0.15, 0.2) is 0 Å². The lowest BCUT2D eigenvalue weighted by Crippen LogP contribution is -2.35. The quantitative estimate of drug-likeness (QED) is 0.596. The molecular formula is C14H16ClN3O3. The maximum absolute atomic E-state index is 12.4. The van der Waals surface area contributed by atoms with Gasteiger partial charge in [0.25, 0.3) is 11.6 Å². The van der Waals surface area contributed by atoms with E-state index in [-0.39, 0.29) is 34.5 Å². The normalized spacial score (nSPS) is 10.2. The first kappa shape index (κ1) is 16.9. The van der Waals surface area contributed by atoms with Gasteiger partial charge in [-0.2, -0.15) is 5.26 Å². The van der Waals surface area contributed by atoms with Gasteiger partial charge in [-0.1, -0.05) is 25.4 Å². The van der Waals surface area contributed by atoms with Crippen LogP contribution < -0.4 is 0 Å². The Hall–Kier alpha value is -2.13. The van der Waals surface area contributed by atoms with Gasteiger partial charge in [-0.05, 0) is 18.1 Å². The molecule has 0 saturated heterocycles. The van der Waals surface area contributed by atoms with E-state index < -0.39 is 4.92 Å². The van der Waals surface area contributed by atoms with Crippen LogP contribution in [0.5, 0.6) is 0 Å². The molecule has 0 N–H and O–H groups in total. The molecule has 0 spiro atoms. The molecule has 0 bridgehead atoms. The number of nitro benzene ring substituents is 1. The number of halogens is 1. The molecule has 1 aromatic rings. The summed E-state index contributed by atoms with van der Waals surface area (Å²) in [5.41, 5.74) is 0.0461. The van der Waals surface area contributed by atoms with E-state index in [9.17, 15) is 14.9 Å². The van der Waals surface area contributed by atoms with Gasteiger partial charge >= 0.3 is 0 Å². The van der Waals surface area contributed by atoms with E-state index in [4.69, 9.17) is 16.9 Å². The fraction of sp³-hybridized carbons (Fsp3) is 0.429. The number of hydrogen-bond donors (Lipinski definition) is 0. The molecule has 0 aliphatic carbocycles. The molecule has 0 aliphatic heterocycles. The predicted octanol–water partition coefficient (Wildman–Crippen LogP) is 3.26. The molecule has 0 heterocycles. The number of nitriles is 1. The number of hydrogen-bond acceptors (Lipinski definition) is 4. The van der Waals surface area contributed by atoms with Crippen molar-refractivity contribution in [3.8, 4) is 6.07 Å². The van der Waals surface area contributed by atoms with Gasteiger partial charge in [-0.3, -0.25) is 14.9 Å². The summed E-state index contributed by atoms with van der Waals surface area (Å²) in [6.07, 6.45) is 0.235. The molecule has 1 amide bonds. The van der Waals surface area contributed by atoms with Crippen molar-refractivity contribution in [3.05, 3.63) is 38.9 Å². The SMILES string of the molecule is CC(C)CN(CCC#N)C(=O)c1ccc([N+](=O)[O-])c(Cl)c1. The van der Waals surface area contributed by atoms with Crippen molar-refractivity contribution >= 4 is 23.2 Å². The average Bonchev–Trinajstić information content (AvgIpc) is 2.41. The van der Waals surface area contributed by atoms with Gasteiger partial charge < -0.3 is 4.90 Å². The molecule has 1 rings (SSSR count). The highest BCUT2D eigenvalue weighted by molar-refractivity contribution is 6.33. The zero-order valence-electron chi connectivity index (χ0n) is 11.9. The van der Waals surface area contributed by atoms with E-state index in [0.29, 0.717) is 13.1 Å². The summed E-state index contributed by atoms with van der Waals surface area (Å²) in [6, 6.07) is 5.89. The largest absolute Gasteiger partial charge is 0.337 e. The highest BCUT2D eigenvalue weighted by Gasteiger charge is 2.20. The smallest absolute Gasteiger partial charge is 0.287 e. The number of carbonyl (C=O) groups is 1. The number of carbonyl (C=O) groups excluding carboxylic acids is 1. The molecule has 7 heteroatoms. The zero-order valence-corrected chi connectivity index (χ0v) is 12.6. The van der Waals surface area contributed by atoms with Crippen molar-refractivity contribution in [2.24, 2.45) is 5.92 Å². The topological polar surface area (TPSA) is 87.2 Å². The second-order valence-corrected chi connectivity index (χ2v) is 5.38. The summed E-state index contributed by atoms with van der Waals surface area (Å²) in [6.45, 7) is 4.77. The second kappa shape index (κ2) is 7.60. The van der Waals surface area contributed by atoms with Crippen molar-refractivity contribution in [2.75, 3.05) is 13.1 Å². The second-order valence-electron chi connectivity index (χ2n) is 4.98. The number of amides is 1. The Balaban J connectivity index is 3.00. The molecule has 0 radical (unpaired) electrons. The van der Waals surface area contributed by atoms with Crippen LogP contribution in [-0.4, -0.2) is 28.8 Å². The summed E-state index contributed by atoms with van der Waals surface area (Å²) in [7, 11) is 0. The van der Waals surface area contributed by atoms with Gasteiger partial charge in [0.2, 0.25) is 0 Å². The molecule has 21 heavy (non-hydrogen) atoms. The maximum Gasteiger partial charge on any atom is 0.287 e. The van der Waals surface area contributed by atoms with Gasteiger partial charge in [-0.25, -0.2) is 0 Å². The first-order valence-corrected chi connectivity index (χ1v) is 6.84. The number of benzene rings is 1. The fourth-order valence-corrected chi connectivity index (χ4v) is 2.12. The standard InChI is InChI=1S/C14H16ClN3O3/c1-10(2)9-17(7-3-6-16)14(19)11-4-5-13(18(20)21)12(15)8-11/h4-5,8,10H,3,7,9H2,1-2H3. The lowest BCUT2D eigenvalue weighted by Gasteiger charge is -2.23. The zero-order chi connectivity index (χ0) is 16.0. The van der Waals surface area contributed by atoms with Gasteiger partial charge in [0, 0.05) is 24.7 Å². The fourth-order valence-electron chi connectivity index (χ4n) is 1.87. The van der Waals surface area contributed by atoms with Gasteiger partial charge in [0.05, 0.1) is 17.4 Å². The molecule has 0 saturated carbocycles. The first-order chi connectivity index (χ1) is 9.86. The number of nitrogens with zero attached hydrogens (tertiary/aromatic N) is 3. The van der Waals surface area contributed by atoms with Crippen molar-refractivity contribution in [2.45, 2.75) is 20.3 Å². The summed E-state index contributed by atoms with van der Waals surface area (Å²) < 4.78 is 0. The molecule has 112 valence electrons. The molecule has 0 atom stereocenters. The summed E-state index contributed by atoms with van der Waals surface area (Å²) in [4.78, 5) is 24.1. The third-order valence-corrected chi connectivity index (χ3v) is 3.06. The third kappa shape index (κ3) is 4.72. The highest BCUT2D eigenvalue weighted by atomic mass is 35.5. The van der Waals surface area contributed by atoms with Gasteiger partial charge in [-0.15, -0.1) is 0 Å². The van der Waals surface area contributed by atoms with Gasteiger partial charge in [0.1, 0.15) is 5.02 Å². The Labute approximate surface area is 128 Å². The maximum atomic E-state index is 12.4. The summed E-state index contributed by atoms with van der Waals surface area (Å²) in [5.74, 6) is -0.0306. The third-order valence-electron chi connectivity index (χ3n) is 2.76. The van der Waals surface area contributed by atoms with E-state index >= 15 is 0 Å². The van der Waals surface area contributed by atoms with E-state index in [0.717, 1.165) is 0 Å². The average molecular weight is 310 g/mol. The van der Waals surface area contributed by atoms with Crippen LogP contribution in [0.25, 0.3) is 0 Å². The van der Waals surface area contributed by atoms with Crippen LogP contribution in [-0.2, 0) is 0 Å². The van der Waals surface area contributed by atoms with Crippen LogP contribution in [0.1, 0.15) is 30.6 Å². The molecular weight excluding hydrogens is 294 g/mol. The van der Waals surface area contributed by atoms with Crippen LogP contribution in [0.4, 0.5) is 5.69 Å². The Bertz CT molecular complexity index is 581. The van der Waals surface area contributed by atoms with E-state index in [1.165, 1.54) is 18.2 Å². The Morgan fingerprint density at radius 3 is 2.67 bits per heavy atom. The monoisotopic (exact) mass is 309 g/mol. The lowest BCUT2D eigenvalue weighted by atomic mass is 10.1. The van der Waals surface area contributed by atoms with Crippen molar-refractivity contribution in [3.63, 3.8) is 0 Å². The molecule has 0 unspecified atom stereocenters. The Morgan fingerprint density at radius 2 is 2.19 bits per heavy atom. The summed E-state index contributed by atoms with van der Waals surface area (Å²) in [5, 5.41) is 19.3. The molecule has 0 aliphatic rings. The predicted molar refractivity (Wildman–Crippen MR) is 79.1 cm³/mol. The van der Waals surface area contributed by atoms with Crippen LogP contribution in [0.15, 0.2) is 18.2 Å². The Morgan fingerprint density at radius 1 is 1.52 bits per heavy atom. The highest BCUT2D eigenvalue weighted by Crippen LogP contribution is 2.25. The van der Waals surface area contributed by atoms with E-state index in [1.54, 1.807) is 4.90 Å². The van der Waals surface area contributed by atoms with Crippen molar-refractivity contribution in [1.29, 1.82) is 5.26 Å². The Kier molecular flexibility index (Phi) is 6.12. The molecule has 6 nitrogen and oxygen atoms in total. The molecule has 1 aromatic carbocycles. The minimum Gasteiger partial charge on any atom is -0.337 e. The van der Waals surface area contributed by atoms with E-state index in [2.05, 4.69) is 0 Å². The first-order valence-electron chi connectivity index (χ1n) is 6.47. The minimum absolute atomic E-state index is 0.0735. The minimum atomic E-state index is -0.599. The van der Waals surface area contributed by atoms with Crippen LogP contribution in [0.3, 0.4) is 0 Å². The van der Waals surface area contributed by atoms with Crippen LogP contribution >= 0.6 is 11.6 Å². The van der Waals surface area contributed by atoms with E-state index in [1.807, 2.05) is 19.9 Å². The molecule has 0 aromatic heterocycles. The summed E-state index contributed by atoms with van der Waals surface area (Å²) >= 11 is 5.82.